The molecule has 0 aliphatic rings. The molecule has 3 aromatic carbocycles. The smallest absolute Gasteiger partial charge is 0.346 e. The van der Waals surface area contributed by atoms with E-state index in [2.05, 4.69) is 10.3 Å². The first-order valence-electron chi connectivity index (χ1n) is 10.6. The van der Waals surface area contributed by atoms with E-state index in [1.165, 1.54) is 0 Å². The summed E-state index contributed by atoms with van der Waals surface area (Å²) in [4.78, 5) is 28.1. The molecule has 0 spiro atoms. The third-order valence-electron chi connectivity index (χ3n) is 5.25. The summed E-state index contributed by atoms with van der Waals surface area (Å²) in [5.74, 6) is -0.798. The van der Waals surface area contributed by atoms with Crippen LogP contribution in [0.5, 0.6) is 0 Å². The molecule has 0 unspecified atom stereocenters. The van der Waals surface area contributed by atoms with Crippen molar-refractivity contribution in [2.24, 2.45) is 0 Å². The van der Waals surface area contributed by atoms with Crippen molar-refractivity contribution in [3.05, 3.63) is 83.6 Å². The van der Waals surface area contributed by atoms with Gasteiger partial charge in [0.25, 0.3) is 0 Å². The van der Waals surface area contributed by atoms with E-state index >= 15 is 0 Å². The van der Waals surface area contributed by atoms with Crippen molar-refractivity contribution in [3.63, 3.8) is 0 Å². The van der Waals surface area contributed by atoms with Crippen LogP contribution in [0.2, 0.25) is 0 Å². The summed E-state index contributed by atoms with van der Waals surface area (Å²) < 4.78 is 10.6. The molecule has 0 fully saturated rings. The Hall–Kier alpha value is -3.93. The summed E-state index contributed by atoms with van der Waals surface area (Å²) in [6.45, 7) is 4.51. The van der Waals surface area contributed by atoms with Crippen molar-refractivity contribution in [2.45, 2.75) is 13.8 Å². The third-order valence-corrected chi connectivity index (χ3v) is 5.25. The number of nitrogens with one attached hydrogen (secondary N) is 2. The fourth-order valence-electron chi connectivity index (χ4n) is 3.65. The van der Waals surface area contributed by atoms with Crippen molar-refractivity contribution in [3.8, 4) is 0 Å². The van der Waals surface area contributed by atoms with Crippen LogP contribution >= 0.6 is 0 Å². The quantitative estimate of drug-likeness (QED) is 0.265. The van der Waals surface area contributed by atoms with Crippen LogP contribution < -0.4 is 10.3 Å². The van der Waals surface area contributed by atoms with Gasteiger partial charge in [0.1, 0.15) is 12.2 Å². The zero-order valence-electron chi connectivity index (χ0n) is 18.1. The SMILES string of the molecule is CCOC(=O)c1c[nH+]c2c(ccc3ccccc32)c1NCCOC(=O)c1ccc(C)cc1. The number of benzene rings is 3. The monoisotopic (exact) mass is 429 g/mol. The molecule has 4 rings (SSSR count). The van der Waals surface area contributed by atoms with Gasteiger partial charge in [-0.2, -0.15) is 0 Å². The highest BCUT2D eigenvalue weighted by Gasteiger charge is 2.21. The fourth-order valence-corrected chi connectivity index (χ4v) is 3.65. The molecule has 1 aromatic heterocycles. The fraction of sp³-hybridized carbons (Fsp3) is 0.192. The molecule has 0 radical (unpaired) electrons. The number of ether oxygens (including phenoxy) is 2. The first-order valence-corrected chi connectivity index (χ1v) is 10.6. The van der Waals surface area contributed by atoms with Crippen molar-refractivity contribution in [2.75, 3.05) is 25.1 Å². The Kier molecular flexibility index (Phi) is 6.31. The van der Waals surface area contributed by atoms with Gasteiger partial charge in [0.2, 0.25) is 5.52 Å². The number of hydrogen-bond donors (Lipinski definition) is 1. The Bertz CT molecular complexity index is 1280. The zero-order valence-corrected chi connectivity index (χ0v) is 18.1. The normalized spacial score (nSPS) is 10.8. The molecule has 0 aliphatic carbocycles. The molecule has 6 nitrogen and oxygen atoms in total. The van der Waals surface area contributed by atoms with Crippen molar-refractivity contribution in [1.82, 2.24) is 0 Å². The highest BCUT2D eigenvalue weighted by Crippen LogP contribution is 2.30. The number of hydrogen-bond acceptors (Lipinski definition) is 5. The Morgan fingerprint density at radius 3 is 2.47 bits per heavy atom. The highest BCUT2D eigenvalue weighted by atomic mass is 16.5. The second-order valence-electron chi connectivity index (χ2n) is 7.44. The maximum absolute atomic E-state index is 12.6. The van der Waals surface area contributed by atoms with Crippen LogP contribution in [0.4, 0.5) is 5.69 Å². The largest absolute Gasteiger partial charge is 0.462 e. The van der Waals surface area contributed by atoms with E-state index in [4.69, 9.17) is 9.47 Å². The van der Waals surface area contributed by atoms with Gasteiger partial charge in [-0.25, -0.2) is 14.6 Å². The third kappa shape index (κ3) is 4.39. The molecule has 32 heavy (non-hydrogen) atoms. The molecule has 6 heteroatoms. The Morgan fingerprint density at radius 1 is 0.906 bits per heavy atom. The second-order valence-corrected chi connectivity index (χ2v) is 7.44. The lowest BCUT2D eigenvalue weighted by Gasteiger charge is -2.13. The number of aromatic nitrogens is 1. The van der Waals surface area contributed by atoms with Gasteiger partial charge in [0.05, 0.1) is 28.6 Å². The van der Waals surface area contributed by atoms with Crippen LogP contribution in [-0.2, 0) is 9.47 Å². The van der Waals surface area contributed by atoms with Gasteiger partial charge in [-0.1, -0.05) is 42.0 Å². The first kappa shape index (κ1) is 21.3. The summed E-state index contributed by atoms with van der Waals surface area (Å²) in [6, 6.07) is 19.3. The number of carbonyl (C=O) groups is 2. The number of carbonyl (C=O) groups excluding carboxylic acids is 2. The van der Waals surface area contributed by atoms with Crippen molar-refractivity contribution >= 4 is 39.3 Å². The van der Waals surface area contributed by atoms with E-state index < -0.39 is 5.97 Å². The molecule has 162 valence electrons. The number of rotatable bonds is 7. The van der Waals surface area contributed by atoms with Crippen LogP contribution in [0.15, 0.2) is 66.9 Å². The molecule has 0 bridgehead atoms. The lowest BCUT2D eigenvalue weighted by molar-refractivity contribution is -0.343. The van der Waals surface area contributed by atoms with Crippen LogP contribution in [0.25, 0.3) is 21.7 Å². The van der Waals surface area contributed by atoms with Crippen LogP contribution in [-0.4, -0.2) is 31.7 Å². The average Bonchev–Trinajstić information content (AvgIpc) is 2.81. The lowest BCUT2D eigenvalue weighted by atomic mass is 10.0. The number of aromatic amines is 1. The van der Waals surface area contributed by atoms with Crippen LogP contribution in [0, 0.1) is 6.92 Å². The summed E-state index contributed by atoms with van der Waals surface area (Å²) in [6.07, 6.45) is 1.66. The van der Waals surface area contributed by atoms with Gasteiger partial charge in [-0.3, -0.25) is 0 Å². The minimum atomic E-state index is -0.419. The summed E-state index contributed by atoms with van der Waals surface area (Å²) in [5, 5.41) is 6.28. The molecule has 2 N–H and O–H groups in total. The minimum Gasteiger partial charge on any atom is -0.462 e. The standard InChI is InChI=1S/C26H24N2O4/c1-3-31-26(30)22-16-28-23-20-7-5-4-6-18(20)12-13-21(23)24(22)27-14-15-32-25(29)19-10-8-17(2)9-11-19/h4-13,16H,3,14-15H2,1-2H3,(H,27,28)/p+1. The maximum Gasteiger partial charge on any atom is 0.346 e. The second kappa shape index (κ2) is 9.47. The van der Waals surface area contributed by atoms with E-state index in [1.807, 2.05) is 55.5 Å². The molecule has 0 amide bonds. The predicted molar refractivity (Wildman–Crippen MR) is 124 cm³/mol. The van der Waals surface area contributed by atoms with E-state index in [-0.39, 0.29) is 19.2 Å². The van der Waals surface area contributed by atoms with Crippen molar-refractivity contribution in [1.29, 1.82) is 0 Å². The highest BCUT2D eigenvalue weighted by molar-refractivity contribution is 6.11. The number of anilines is 1. The Balaban J connectivity index is 1.58. The zero-order chi connectivity index (χ0) is 22.5. The molecular weight excluding hydrogens is 404 g/mol. The van der Waals surface area contributed by atoms with Crippen LogP contribution in [0.3, 0.4) is 0 Å². The minimum absolute atomic E-state index is 0.155. The average molecular weight is 429 g/mol. The van der Waals surface area contributed by atoms with Gasteiger partial charge in [0, 0.05) is 6.54 Å². The first-order chi connectivity index (χ1) is 15.6. The topological polar surface area (TPSA) is 78.8 Å². The summed E-state index contributed by atoms with van der Waals surface area (Å²) >= 11 is 0. The number of aryl methyl sites for hydroxylation is 1. The van der Waals surface area contributed by atoms with Crippen molar-refractivity contribution < 1.29 is 24.0 Å². The van der Waals surface area contributed by atoms with Gasteiger partial charge in [-0.05, 0) is 43.5 Å². The summed E-state index contributed by atoms with van der Waals surface area (Å²) in [7, 11) is 0. The number of H-pyrrole nitrogens is 1. The van der Waals surface area contributed by atoms with Gasteiger partial charge in [0.15, 0.2) is 6.20 Å². The lowest BCUT2D eigenvalue weighted by Crippen LogP contribution is -2.19. The van der Waals surface area contributed by atoms with E-state index in [1.54, 1.807) is 25.3 Å². The molecule has 4 aromatic rings. The molecule has 0 saturated heterocycles. The Labute approximate surface area is 186 Å². The van der Waals surface area contributed by atoms with Gasteiger partial charge < -0.3 is 14.8 Å². The molecular formula is C26H25N2O4+. The number of fused-ring (bicyclic) bond motifs is 3. The number of pyridine rings is 1. The number of esters is 2. The molecule has 0 saturated carbocycles. The van der Waals surface area contributed by atoms with E-state index in [9.17, 15) is 9.59 Å². The predicted octanol–water partition coefficient (Wildman–Crippen LogP) is 4.56. The van der Waals surface area contributed by atoms with Crippen LogP contribution in [0.1, 0.15) is 33.2 Å². The maximum atomic E-state index is 12.6. The summed E-state index contributed by atoms with van der Waals surface area (Å²) in [5.41, 5.74) is 3.55. The molecule has 0 atom stereocenters. The molecule has 0 aliphatic heterocycles. The molecule has 1 heterocycles. The Morgan fingerprint density at radius 2 is 1.69 bits per heavy atom. The van der Waals surface area contributed by atoms with Gasteiger partial charge in [-0.15, -0.1) is 0 Å². The van der Waals surface area contributed by atoms with Gasteiger partial charge >= 0.3 is 11.9 Å². The van der Waals surface area contributed by atoms with E-state index in [0.29, 0.717) is 23.4 Å². The van der Waals surface area contributed by atoms with E-state index in [0.717, 1.165) is 27.2 Å².